The summed E-state index contributed by atoms with van der Waals surface area (Å²) in [6.07, 6.45) is 2.11. The summed E-state index contributed by atoms with van der Waals surface area (Å²) in [7, 11) is -7.20. The maximum Gasteiger partial charge on any atom is 0.261 e. The minimum absolute atomic E-state index is 0.0428. The number of hydrogen-bond donors (Lipinski definition) is 2. The van der Waals surface area contributed by atoms with Crippen LogP contribution in [0.4, 0.5) is 11.4 Å². The van der Waals surface area contributed by atoms with E-state index in [0.717, 1.165) is 5.56 Å². The SMILES string of the molecule is O=C(Nc1ccc(S(=O)(=O)Nc2cccc(Cl)c2)cc1)C1CCN(S(=O)(=O)CCCc2ccccc2)CC1. The number of nitrogens with one attached hydrogen (secondary N) is 2. The molecule has 2 N–H and O–H groups in total. The molecular weight excluding hydrogens is 546 g/mol. The van der Waals surface area contributed by atoms with Gasteiger partial charge in [-0.25, -0.2) is 21.1 Å². The van der Waals surface area contributed by atoms with Gasteiger partial charge < -0.3 is 5.32 Å². The molecule has 38 heavy (non-hydrogen) atoms. The first kappa shape index (κ1) is 28.1. The Labute approximate surface area is 229 Å². The monoisotopic (exact) mass is 575 g/mol. The first-order valence-corrected chi connectivity index (χ1v) is 15.8. The lowest BCUT2D eigenvalue weighted by Crippen LogP contribution is -2.42. The molecule has 1 heterocycles. The zero-order chi connectivity index (χ0) is 27.2. The van der Waals surface area contributed by atoms with Gasteiger partial charge in [0.2, 0.25) is 15.9 Å². The minimum Gasteiger partial charge on any atom is -0.326 e. The number of hydrogen-bond acceptors (Lipinski definition) is 5. The second kappa shape index (κ2) is 12.3. The van der Waals surface area contributed by atoms with Gasteiger partial charge in [0.05, 0.1) is 16.3 Å². The molecule has 1 aliphatic heterocycles. The number of sulfonamides is 2. The van der Waals surface area contributed by atoms with Crippen molar-refractivity contribution < 1.29 is 21.6 Å². The number of aryl methyl sites for hydroxylation is 1. The van der Waals surface area contributed by atoms with Crippen LogP contribution in [0.5, 0.6) is 0 Å². The summed E-state index contributed by atoms with van der Waals surface area (Å²) >= 11 is 5.92. The molecule has 0 aliphatic carbocycles. The molecule has 0 unspecified atom stereocenters. The molecule has 0 radical (unpaired) electrons. The van der Waals surface area contributed by atoms with E-state index >= 15 is 0 Å². The number of anilines is 2. The van der Waals surface area contributed by atoms with E-state index in [4.69, 9.17) is 11.6 Å². The fraction of sp³-hybridized carbons (Fsp3) is 0.296. The topological polar surface area (TPSA) is 113 Å². The summed E-state index contributed by atoms with van der Waals surface area (Å²) in [6.45, 7) is 0.607. The molecule has 3 aromatic rings. The second-order valence-corrected chi connectivity index (χ2v) is 13.4. The minimum atomic E-state index is -3.82. The Kier molecular flexibility index (Phi) is 9.09. The quantitative estimate of drug-likeness (QED) is 0.362. The normalized spacial score (nSPS) is 15.2. The van der Waals surface area contributed by atoms with Crippen LogP contribution < -0.4 is 10.0 Å². The molecule has 1 saturated heterocycles. The van der Waals surface area contributed by atoms with Crippen molar-refractivity contribution in [3.8, 4) is 0 Å². The molecule has 0 saturated carbocycles. The zero-order valence-electron chi connectivity index (χ0n) is 20.7. The highest BCUT2D eigenvalue weighted by atomic mass is 35.5. The summed E-state index contributed by atoms with van der Waals surface area (Å²) in [5, 5.41) is 3.23. The molecule has 202 valence electrons. The Morgan fingerprint density at radius 2 is 1.55 bits per heavy atom. The summed E-state index contributed by atoms with van der Waals surface area (Å²) in [4.78, 5) is 12.8. The Balaban J connectivity index is 1.26. The van der Waals surface area contributed by atoms with E-state index in [1.54, 1.807) is 18.2 Å². The number of piperidine rings is 1. The number of benzene rings is 3. The number of amides is 1. The highest BCUT2D eigenvalue weighted by Gasteiger charge is 2.31. The van der Waals surface area contributed by atoms with E-state index in [1.807, 2.05) is 30.3 Å². The molecule has 8 nitrogen and oxygen atoms in total. The van der Waals surface area contributed by atoms with E-state index in [-0.39, 0.29) is 22.5 Å². The van der Waals surface area contributed by atoms with Crippen LogP contribution in [-0.4, -0.2) is 45.9 Å². The standard InChI is InChI=1S/C27H30ClN3O5S2/c28-23-9-4-10-25(20-23)30-38(35,36)26-13-11-24(12-14-26)29-27(32)22-15-17-31(18-16-22)37(33,34)19-5-8-21-6-2-1-3-7-21/h1-4,6-7,9-14,20,22,30H,5,8,15-19H2,(H,29,32). The van der Waals surface area contributed by atoms with Gasteiger partial charge in [0.1, 0.15) is 0 Å². The van der Waals surface area contributed by atoms with E-state index in [0.29, 0.717) is 55.2 Å². The van der Waals surface area contributed by atoms with E-state index in [1.165, 1.54) is 34.6 Å². The molecule has 0 spiro atoms. The fourth-order valence-electron chi connectivity index (χ4n) is 4.36. The Morgan fingerprint density at radius 1 is 0.868 bits per heavy atom. The average molecular weight is 576 g/mol. The first-order chi connectivity index (χ1) is 18.1. The lowest BCUT2D eigenvalue weighted by atomic mass is 9.97. The van der Waals surface area contributed by atoms with Gasteiger partial charge in [0.15, 0.2) is 0 Å². The van der Waals surface area contributed by atoms with Gasteiger partial charge in [-0.1, -0.05) is 48.0 Å². The van der Waals surface area contributed by atoms with Crippen molar-refractivity contribution in [2.75, 3.05) is 28.9 Å². The van der Waals surface area contributed by atoms with Gasteiger partial charge >= 0.3 is 0 Å². The van der Waals surface area contributed by atoms with E-state index in [2.05, 4.69) is 10.0 Å². The number of halogens is 1. The van der Waals surface area contributed by atoms with E-state index < -0.39 is 20.0 Å². The van der Waals surface area contributed by atoms with Crippen molar-refractivity contribution in [1.29, 1.82) is 0 Å². The largest absolute Gasteiger partial charge is 0.326 e. The number of carbonyl (C=O) groups excluding carboxylic acids is 1. The van der Waals surface area contributed by atoms with Gasteiger partial charge in [0.25, 0.3) is 10.0 Å². The van der Waals surface area contributed by atoms with Crippen LogP contribution in [0.25, 0.3) is 0 Å². The fourth-order valence-corrected chi connectivity index (χ4v) is 7.13. The molecular formula is C27H30ClN3O5S2. The van der Waals surface area contributed by atoms with Gasteiger partial charge in [0, 0.05) is 29.7 Å². The van der Waals surface area contributed by atoms with Crippen molar-refractivity contribution in [2.24, 2.45) is 5.92 Å². The van der Waals surface area contributed by atoms with Gasteiger partial charge in [-0.2, -0.15) is 0 Å². The third kappa shape index (κ3) is 7.57. The van der Waals surface area contributed by atoms with Crippen LogP contribution in [0, 0.1) is 5.92 Å². The Bertz CT molecular complexity index is 1460. The lowest BCUT2D eigenvalue weighted by molar-refractivity contribution is -0.120. The smallest absolute Gasteiger partial charge is 0.261 e. The molecule has 3 aromatic carbocycles. The molecule has 0 bridgehead atoms. The zero-order valence-corrected chi connectivity index (χ0v) is 23.1. The van der Waals surface area contributed by atoms with Gasteiger partial charge in [-0.3, -0.25) is 9.52 Å². The summed E-state index contributed by atoms with van der Waals surface area (Å²) in [6, 6.07) is 22.1. The summed E-state index contributed by atoms with van der Waals surface area (Å²) < 4.78 is 54.8. The number of carbonyl (C=O) groups is 1. The van der Waals surface area contributed by atoms with E-state index in [9.17, 15) is 21.6 Å². The second-order valence-electron chi connectivity index (χ2n) is 9.21. The third-order valence-electron chi connectivity index (χ3n) is 6.44. The maximum atomic E-state index is 12.8. The predicted molar refractivity (Wildman–Crippen MR) is 150 cm³/mol. The molecule has 1 fully saturated rings. The Morgan fingerprint density at radius 3 is 2.21 bits per heavy atom. The average Bonchev–Trinajstić information content (AvgIpc) is 2.89. The van der Waals surface area contributed by atoms with Crippen molar-refractivity contribution in [1.82, 2.24) is 4.31 Å². The summed E-state index contributed by atoms with van der Waals surface area (Å²) in [5.41, 5.74) is 1.92. The van der Waals surface area contributed by atoms with Crippen LogP contribution in [0.1, 0.15) is 24.8 Å². The number of rotatable bonds is 10. The lowest BCUT2D eigenvalue weighted by Gasteiger charge is -2.30. The van der Waals surface area contributed by atoms with Crippen molar-refractivity contribution in [3.63, 3.8) is 0 Å². The Hall–Kier alpha value is -2.92. The molecule has 11 heteroatoms. The summed E-state index contributed by atoms with van der Waals surface area (Å²) in [5.74, 6) is -0.447. The van der Waals surface area contributed by atoms with Gasteiger partial charge in [-0.15, -0.1) is 0 Å². The van der Waals surface area contributed by atoms with Crippen LogP contribution >= 0.6 is 11.6 Å². The van der Waals surface area contributed by atoms with Crippen molar-refractivity contribution in [3.05, 3.63) is 89.4 Å². The highest BCUT2D eigenvalue weighted by molar-refractivity contribution is 7.92. The van der Waals surface area contributed by atoms with Crippen LogP contribution in [0.3, 0.4) is 0 Å². The van der Waals surface area contributed by atoms with Crippen molar-refractivity contribution >= 4 is 48.9 Å². The predicted octanol–water partition coefficient (Wildman–Crippen LogP) is 4.75. The molecule has 1 amide bonds. The molecule has 0 atom stereocenters. The van der Waals surface area contributed by atoms with Crippen LogP contribution in [-0.2, 0) is 31.3 Å². The van der Waals surface area contributed by atoms with Gasteiger partial charge in [-0.05, 0) is 73.7 Å². The molecule has 4 rings (SSSR count). The molecule has 0 aromatic heterocycles. The maximum absolute atomic E-state index is 12.8. The van der Waals surface area contributed by atoms with Crippen LogP contribution in [0.15, 0.2) is 83.8 Å². The van der Waals surface area contributed by atoms with Crippen LogP contribution in [0.2, 0.25) is 5.02 Å². The first-order valence-electron chi connectivity index (χ1n) is 12.3. The number of nitrogens with zero attached hydrogens (tertiary/aromatic N) is 1. The third-order valence-corrected chi connectivity index (χ3v) is 10.0. The van der Waals surface area contributed by atoms with Crippen molar-refractivity contribution in [2.45, 2.75) is 30.6 Å². The molecule has 1 aliphatic rings. The highest BCUT2D eigenvalue weighted by Crippen LogP contribution is 2.24.